The fourth-order valence-electron chi connectivity index (χ4n) is 1.69. The normalized spacial score (nSPS) is 12.2. The Morgan fingerprint density at radius 2 is 2.16 bits per heavy atom. The Balaban J connectivity index is 2.16. The molecule has 102 valence electrons. The largest absolute Gasteiger partial charge is 0.467 e. The molecule has 1 unspecified atom stereocenters. The summed E-state index contributed by atoms with van der Waals surface area (Å²) >= 11 is 1.52. The molecule has 19 heavy (non-hydrogen) atoms. The topological polar surface area (TPSA) is 63.0 Å². The van der Waals surface area contributed by atoms with Crippen molar-refractivity contribution in [2.24, 2.45) is 0 Å². The summed E-state index contributed by atoms with van der Waals surface area (Å²) in [6, 6.07) is 5.79. The van der Waals surface area contributed by atoms with E-state index in [0.717, 1.165) is 29.1 Å². The van der Waals surface area contributed by atoms with E-state index in [1.165, 1.54) is 11.8 Å². The van der Waals surface area contributed by atoms with Crippen LogP contribution >= 0.6 is 11.8 Å². The van der Waals surface area contributed by atoms with E-state index in [9.17, 15) is 0 Å². The zero-order valence-electron chi connectivity index (χ0n) is 11.3. The van der Waals surface area contributed by atoms with Crippen molar-refractivity contribution >= 4 is 23.4 Å². The average molecular weight is 278 g/mol. The second kappa shape index (κ2) is 6.47. The molecular formula is C13H18N4OS. The highest BCUT2D eigenvalue weighted by Gasteiger charge is 2.10. The highest BCUT2D eigenvalue weighted by atomic mass is 32.2. The minimum Gasteiger partial charge on any atom is -0.467 e. The SMILES string of the molecule is CCNc1cc(NC(C)c2ccco2)nc(SC)n1. The first-order valence-corrected chi connectivity index (χ1v) is 7.42. The molecule has 6 heteroatoms. The van der Waals surface area contributed by atoms with Crippen LogP contribution in [-0.4, -0.2) is 22.8 Å². The van der Waals surface area contributed by atoms with Gasteiger partial charge < -0.3 is 15.1 Å². The Morgan fingerprint density at radius 1 is 1.37 bits per heavy atom. The van der Waals surface area contributed by atoms with E-state index in [1.807, 2.05) is 38.3 Å². The molecule has 0 aromatic carbocycles. The van der Waals surface area contributed by atoms with Gasteiger partial charge in [-0.15, -0.1) is 0 Å². The van der Waals surface area contributed by atoms with Crippen LogP contribution in [0.5, 0.6) is 0 Å². The van der Waals surface area contributed by atoms with Crippen molar-refractivity contribution in [1.29, 1.82) is 0 Å². The average Bonchev–Trinajstić information content (AvgIpc) is 2.92. The highest BCUT2D eigenvalue weighted by Crippen LogP contribution is 2.22. The summed E-state index contributed by atoms with van der Waals surface area (Å²) in [5.41, 5.74) is 0. The molecule has 0 aliphatic rings. The second-order valence-corrected chi connectivity index (χ2v) is 4.81. The fraction of sp³-hybridized carbons (Fsp3) is 0.385. The molecule has 0 amide bonds. The number of hydrogen-bond donors (Lipinski definition) is 2. The second-order valence-electron chi connectivity index (χ2n) is 4.04. The van der Waals surface area contributed by atoms with Crippen molar-refractivity contribution < 1.29 is 4.42 Å². The van der Waals surface area contributed by atoms with Crippen LogP contribution in [0, 0.1) is 0 Å². The van der Waals surface area contributed by atoms with Crippen LogP contribution in [-0.2, 0) is 0 Å². The van der Waals surface area contributed by atoms with Gasteiger partial charge in [0.1, 0.15) is 17.4 Å². The number of nitrogens with zero attached hydrogens (tertiary/aromatic N) is 2. The van der Waals surface area contributed by atoms with Gasteiger partial charge in [-0.2, -0.15) is 0 Å². The van der Waals surface area contributed by atoms with Gasteiger partial charge in [-0.1, -0.05) is 11.8 Å². The molecule has 0 bridgehead atoms. The zero-order chi connectivity index (χ0) is 13.7. The third-order valence-electron chi connectivity index (χ3n) is 2.58. The van der Waals surface area contributed by atoms with Gasteiger partial charge in [0.05, 0.1) is 12.3 Å². The molecule has 0 fully saturated rings. The lowest BCUT2D eigenvalue weighted by Crippen LogP contribution is -2.09. The Hall–Kier alpha value is -1.69. The quantitative estimate of drug-likeness (QED) is 0.624. The number of thioether (sulfide) groups is 1. The number of nitrogens with one attached hydrogen (secondary N) is 2. The molecular weight excluding hydrogens is 260 g/mol. The Labute approximate surface area is 117 Å². The molecule has 1 atom stereocenters. The summed E-state index contributed by atoms with van der Waals surface area (Å²) in [6.07, 6.45) is 3.63. The maximum atomic E-state index is 5.38. The zero-order valence-corrected chi connectivity index (χ0v) is 12.1. The molecule has 2 N–H and O–H groups in total. The first kappa shape index (κ1) is 13.7. The number of rotatable bonds is 6. The third-order valence-corrected chi connectivity index (χ3v) is 3.13. The van der Waals surface area contributed by atoms with Gasteiger partial charge in [-0.05, 0) is 32.2 Å². The lowest BCUT2D eigenvalue weighted by Gasteiger charge is -2.14. The van der Waals surface area contributed by atoms with E-state index < -0.39 is 0 Å². The molecule has 0 aliphatic carbocycles. The van der Waals surface area contributed by atoms with Gasteiger partial charge in [-0.25, -0.2) is 9.97 Å². The van der Waals surface area contributed by atoms with E-state index in [2.05, 4.69) is 20.6 Å². The molecule has 2 heterocycles. The molecule has 0 spiro atoms. The Bertz CT molecular complexity index is 515. The minimum atomic E-state index is 0.0640. The summed E-state index contributed by atoms with van der Waals surface area (Å²) in [5, 5.41) is 7.27. The number of aromatic nitrogens is 2. The first-order valence-electron chi connectivity index (χ1n) is 6.19. The lowest BCUT2D eigenvalue weighted by atomic mass is 10.2. The van der Waals surface area contributed by atoms with Gasteiger partial charge in [0.2, 0.25) is 0 Å². The van der Waals surface area contributed by atoms with Crippen LogP contribution < -0.4 is 10.6 Å². The third kappa shape index (κ3) is 3.64. The molecule has 2 aromatic rings. The summed E-state index contributed by atoms with van der Waals surface area (Å²) in [6.45, 7) is 4.91. The van der Waals surface area contributed by atoms with Gasteiger partial charge in [-0.3, -0.25) is 0 Å². The molecule has 2 aromatic heterocycles. The van der Waals surface area contributed by atoms with Crippen LogP contribution in [0.25, 0.3) is 0 Å². The van der Waals surface area contributed by atoms with Gasteiger partial charge in [0.15, 0.2) is 5.16 Å². The maximum Gasteiger partial charge on any atom is 0.191 e. The van der Waals surface area contributed by atoms with E-state index in [-0.39, 0.29) is 6.04 Å². The van der Waals surface area contributed by atoms with Crippen molar-refractivity contribution in [2.75, 3.05) is 23.4 Å². The van der Waals surface area contributed by atoms with Crippen molar-refractivity contribution in [3.05, 3.63) is 30.2 Å². The van der Waals surface area contributed by atoms with Crippen molar-refractivity contribution in [2.45, 2.75) is 25.0 Å². The van der Waals surface area contributed by atoms with Crippen LogP contribution in [0.1, 0.15) is 25.6 Å². The van der Waals surface area contributed by atoms with Gasteiger partial charge >= 0.3 is 0 Å². The van der Waals surface area contributed by atoms with Crippen LogP contribution in [0.2, 0.25) is 0 Å². The summed E-state index contributed by atoms with van der Waals surface area (Å²) in [4.78, 5) is 8.83. The molecule has 0 saturated carbocycles. The molecule has 0 radical (unpaired) electrons. The Kier molecular flexibility index (Phi) is 4.68. The van der Waals surface area contributed by atoms with Gasteiger partial charge in [0, 0.05) is 12.6 Å². The minimum absolute atomic E-state index is 0.0640. The molecule has 2 rings (SSSR count). The summed E-state index contributed by atoms with van der Waals surface area (Å²) in [5.74, 6) is 2.50. The van der Waals surface area contributed by atoms with Crippen molar-refractivity contribution in [1.82, 2.24) is 9.97 Å². The molecule has 5 nitrogen and oxygen atoms in total. The summed E-state index contributed by atoms with van der Waals surface area (Å²) in [7, 11) is 0. The van der Waals surface area contributed by atoms with Crippen LogP contribution in [0.4, 0.5) is 11.6 Å². The van der Waals surface area contributed by atoms with Gasteiger partial charge in [0.25, 0.3) is 0 Å². The molecule has 0 saturated heterocycles. The predicted molar refractivity (Wildman–Crippen MR) is 78.7 cm³/mol. The van der Waals surface area contributed by atoms with E-state index in [1.54, 1.807) is 6.26 Å². The van der Waals surface area contributed by atoms with Crippen molar-refractivity contribution in [3.63, 3.8) is 0 Å². The maximum absolute atomic E-state index is 5.38. The van der Waals surface area contributed by atoms with Crippen LogP contribution in [0.15, 0.2) is 34.0 Å². The van der Waals surface area contributed by atoms with E-state index in [0.29, 0.717) is 0 Å². The lowest BCUT2D eigenvalue weighted by molar-refractivity contribution is 0.490. The molecule has 0 aliphatic heterocycles. The standard InChI is InChI=1S/C13H18N4OS/c1-4-14-11-8-12(17-13(16-11)19-3)15-9(2)10-6-5-7-18-10/h5-9H,4H2,1-3H3,(H2,14,15,16,17). The summed E-state index contributed by atoms with van der Waals surface area (Å²) < 4.78 is 5.38. The highest BCUT2D eigenvalue weighted by molar-refractivity contribution is 7.98. The van der Waals surface area contributed by atoms with Crippen LogP contribution in [0.3, 0.4) is 0 Å². The number of hydrogen-bond acceptors (Lipinski definition) is 6. The Morgan fingerprint density at radius 3 is 2.79 bits per heavy atom. The van der Waals surface area contributed by atoms with Crippen molar-refractivity contribution in [3.8, 4) is 0 Å². The monoisotopic (exact) mass is 278 g/mol. The number of furan rings is 1. The smallest absolute Gasteiger partial charge is 0.191 e. The predicted octanol–water partition coefficient (Wildman–Crippen LogP) is 3.40. The fourth-order valence-corrected chi connectivity index (χ4v) is 2.07. The van der Waals surface area contributed by atoms with E-state index >= 15 is 0 Å². The number of anilines is 2. The van der Waals surface area contributed by atoms with E-state index in [4.69, 9.17) is 4.42 Å². The first-order chi connectivity index (χ1) is 9.22.